The number of thioether (sulfide) groups is 1. The van der Waals surface area contributed by atoms with Crippen molar-refractivity contribution in [3.63, 3.8) is 0 Å². The van der Waals surface area contributed by atoms with E-state index in [0.29, 0.717) is 23.3 Å². The summed E-state index contributed by atoms with van der Waals surface area (Å²) in [6.07, 6.45) is 0. The molecule has 134 valence electrons. The van der Waals surface area contributed by atoms with E-state index in [1.807, 2.05) is 45.0 Å². The summed E-state index contributed by atoms with van der Waals surface area (Å²) in [6.45, 7) is 6.36. The lowest BCUT2D eigenvalue weighted by atomic mass is 10.1. The number of aryl methyl sites for hydroxylation is 1. The molecule has 5 nitrogen and oxygen atoms in total. The van der Waals surface area contributed by atoms with Gasteiger partial charge in [-0.15, -0.1) is 10.2 Å². The molecule has 1 atom stereocenters. The van der Waals surface area contributed by atoms with Gasteiger partial charge < -0.3 is 9.15 Å². The molecule has 26 heavy (non-hydrogen) atoms. The lowest BCUT2D eigenvalue weighted by Gasteiger charge is -2.08. The van der Waals surface area contributed by atoms with E-state index in [9.17, 15) is 4.79 Å². The summed E-state index contributed by atoms with van der Waals surface area (Å²) >= 11 is 1.26. The van der Waals surface area contributed by atoms with Crippen LogP contribution >= 0.6 is 11.8 Å². The number of hydrogen-bond acceptors (Lipinski definition) is 6. The zero-order valence-electron chi connectivity index (χ0n) is 14.9. The third-order valence-electron chi connectivity index (χ3n) is 3.77. The van der Waals surface area contributed by atoms with Crippen molar-refractivity contribution in [1.29, 1.82) is 0 Å². The molecule has 1 aromatic heterocycles. The minimum absolute atomic E-state index is 0.00774. The monoisotopic (exact) mass is 368 g/mol. The fourth-order valence-electron chi connectivity index (χ4n) is 2.47. The van der Waals surface area contributed by atoms with Gasteiger partial charge in [0.05, 0.1) is 11.9 Å². The number of benzene rings is 2. The predicted octanol–water partition coefficient (Wildman–Crippen LogP) is 4.81. The number of ketones is 1. The van der Waals surface area contributed by atoms with Crippen LogP contribution in [0.25, 0.3) is 11.5 Å². The Balaban J connectivity index is 1.67. The number of carbonyl (C=O) groups is 1. The first-order chi connectivity index (χ1) is 12.6. The molecule has 2 aromatic carbocycles. The van der Waals surface area contributed by atoms with Gasteiger partial charge in [-0.3, -0.25) is 4.79 Å². The second-order valence-corrected chi connectivity index (χ2v) is 7.12. The summed E-state index contributed by atoms with van der Waals surface area (Å²) in [7, 11) is 0. The van der Waals surface area contributed by atoms with Gasteiger partial charge >= 0.3 is 0 Å². The Labute approximate surface area is 156 Å². The van der Waals surface area contributed by atoms with Crippen LogP contribution in [0.3, 0.4) is 0 Å². The second-order valence-electron chi connectivity index (χ2n) is 5.82. The van der Waals surface area contributed by atoms with Gasteiger partial charge in [-0.05, 0) is 57.2 Å². The molecule has 6 heteroatoms. The van der Waals surface area contributed by atoms with Crippen LogP contribution < -0.4 is 4.74 Å². The molecule has 0 aliphatic rings. The van der Waals surface area contributed by atoms with E-state index >= 15 is 0 Å². The Bertz CT molecular complexity index is 890. The maximum absolute atomic E-state index is 12.6. The van der Waals surface area contributed by atoms with Crippen molar-refractivity contribution in [2.24, 2.45) is 0 Å². The third kappa shape index (κ3) is 4.32. The molecule has 0 saturated heterocycles. The van der Waals surface area contributed by atoms with Crippen LogP contribution in [0.1, 0.15) is 29.8 Å². The Morgan fingerprint density at radius 3 is 2.65 bits per heavy atom. The average molecular weight is 368 g/mol. The molecule has 0 bridgehead atoms. The van der Waals surface area contributed by atoms with Gasteiger partial charge in [0.2, 0.25) is 5.89 Å². The SMILES string of the molecule is CCOc1ccc(C(=O)[C@@H](C)Sc2nnc(-c3cccc(C)c3)o2)cc1. The summed E-state index contributed by atoms with van der Waals surface area (Å²) in [5.41, 5.74) is 2.62. The highest BCUT2D eigenvalue weighted by Crippen LogP contribution is 2.28. The zero-order valence-corrected chi connectivity index (χ0v) is 15.7. The highest BCUT2D eigenvalue weighted by molar-refractivity contribution is 8.00. The largest absolute Gasteiger partial charge is 0.494 e. The Hall–Kier alpha value is -2.60. The van der Waals surface area contributed by atoms with Crippen molar-refractivity contribution in [2.45, 2.75) is 31.2 Å². The maximum Gasteiger partial charge on any atom is 0.277 e. The molecule has 0 N–H and O–H groups in total. The molecule has 1 heterocycles. The number of ether oxygens (including phenoxy) is 1. The molecule has 0 spiro atoms. The van der Waals surface area contributed by atoms with Crippen LogP contribution in [0.4, 0.5) is 0 Å². The molecule has 0 aliphatic carbocycles. The van der Waals surface area contributed by atoms with Gasteiger partial charge in [0.25, 0.3) is 5.22 Å². The number of hydrogen-bond donors (Lipinski definition) is 0. The average Bonchev–Trinajstić information content (AvgIpc) is 3.10. The van der Waals surface area contributed by atoms with E-state index in [-0.39, 0.29) is 11.0 Å². The van der Waals surface area contributed by atoms with E-state index in [1.165, 1.54) is 11.8 Å². The summed E-state index contributed by atoms with van der Waals surface area (Å²) in [4.78, 5) is 12.6. The molecule has 0 aliphatic heterocycles. The van der Waals surface area contributed by atoms with Gasteiger partial charge in [-0.2, -0.15) is 0 Å². The molecule has 0 amide bonds. The van der Waals surface area contributed by atoms with Gasteiger partial charge in [0, 0.05) is 11.1 Å². The number of nitrogens with zero attached hydrogens (tertiary/aromatic N) is 2. The normalized spacial score (nSPS) is 12.0. The summed E-state index contributed by atoms with van der Waals surface area (Å²) < 4.78 is 11.1. The van der Waals surface area contributed by atoms with Crippen LogP contribution in [-0.2, 0) is 0 Å². The highest BCUT2D eigenvalue weighted by Gasteiger charge is 2.20. The molecule has 0 unspecified atom stereocenters. The van der Waals surface area contributed by atoms with Gasteiger partial charge in [-0.25, -0.2) is 0 Å². The molecular formula is C20H20N2O3S. The van der Waals surface area contributed by atoms with Crippen LogP contribution in [0.15, 0.2) is 58.2 Å². The molecule has 0 saturated carbocycles. The quantitative estimate of drug-likeness (QED) is 0.440. The molecule has 3 aromatic rings. The van der Waals surface area contributed by atoms with Crippen molar-refractivity contribution < 1.29 is 13.9 Å². The van der Waals surface area contributed by atoms with Gasteiger partial charge in [-0.1, -0.05) is 29.5 Å². The second kappa shape index (κ2) is 8.19. The van der Waals surface area contributed by atoms with Crippen molar-refractivity contribution in [3.8, 4) is 17.2 Å². The van der Waals surface area contributed by atoms with Crippen LogP contribution in [0, 0.1) is 6.92 Å². The summed E-state index contributed by atoms with van der Waals surface area (Å²) in [5.74, 6) is 1.22. The minimum Gasteiger partial charge on any atom is -0.494 e. The first kappa shape index (κ1) is 18.2. The van der Waals surface area contributed by atoms with E-state index in [2.05, 4.69) is 10.2 Å². The smallest absolute Gasteiger partial charge is 0.277 e. The highest BCUT2D eigenvalue weighted by atomic mass is 32.2. The summed E-state index contributed by atoms with van der Waals surface area (Å²) in [6, 6.07) is 15.0. The maximum atomic E-state index is 12.6. The number of carbonyl (C=O) groups excluding carboxylic acids is 1. The van der Waals surface area contributed by atoms with E-state index in [4.69, 9.17) is 9.15 Å². The van der Waals surface area contributed by atoms with Crippen LogP contribution in [0.2, 0.25) is 0 Å². The lowest BCUT2D eigenvalue weighted by Crippen LogP contribution is -2.13. The standard InChI is InChI=1S/C20H20N2O3S/c1-4-24-17-10-8-15(9-11-17)18(23)14(3)26-20-22-21-19(25-20)16-7-5-6-13(2)12-16/h5-12,14H,4H2,1-3H3/t14-/m1/s1. The number of aromatic nitrogens is 2. The van der Waals surface area contributed by atoms with E-state index in [1.54, 1.807) is 24.3 Å². The predicted molar refractivity (Wildman–Crippen MR) is 102 cm³/mol. The third-order valence-corrected chi connectivity index (χ3v) is 4.70. The fourth-order valence-corrected chi connectivity index (χ4v) is 3.23. The van der Waals surface area contributed by atoms with Crippen molar-refractivity contribution in [2.75, 3.05) is 6.61 Å². The lowest BCUT2D eigenvalue weighted by molar-refractivity contribution is 0.0993. The molecular weight excluding hydrogens is 348 g/mol. The van der Waals surface area contributed by atoms with Crippen molar-refractivity contribution in [3.05, 3.63) is 59.7 Å². The van der Waals surface area contributed by atoms with E-state index < -0.39 is 0 Å². The first-order valence-corrected chi connectivity index (χ1v) is 9.29. The topological polar surface area (TPSA) is 65.2 Å². The molecule has 0 fully saturated rings. The number of rotatable bonds is 7. The van der Waals surface area contributed by atoms with Crippen LogP contribution in [-0.4, -0.2) is 27.8 Å². The Morgan fingerprint density at radius 2 is 1.96 bits per heavy atom. The van der Waals surface area contributed by atoms with Gasteiger partial charge in [0.15, 0.2) is 5.78 Å². The Morgan fingerprint density at radius 1 is 1.19 bits per heavy atom. The summed E-state index contributed by atoms with van der Waals surface area (Å²) in [5, 5.41) is 8.18. The van der Waals surface area contributed by atoms with Crippen molar-refractivity contribution in [1.82, 2.24) is 10.2 Å². The van der Waals surface area contributed by atoms with Crippen molar-refractivity contribution >= 4 is 17.5 Å². The van der Waals surface area contributed by atoms with Gasteiger partial charge in [0.1, 0.15) is 5.75 Å². The van der Waals surface area contributed by atoms with Crippen LogP contribution in [0.5, 0.6) is 5.75 Å². The first-order valence-electron chi connectivity index (χ1n) is 8.41. The zero-order chi connectivity index (χ0) is 18.5. The molecule has 3 rings (SSSR count). The number of Topliss-reactive ketones (excluding diaryl/α,β-unsaturated/α-hetero) is 1. The fraction of sp³-hybridized carbons (Fsp3) is 0.250. The minimum atomic E-state index is -0.334. The van der Waals surface area contributed by atoms with E-state index in [0.717, 1.165) is 16.9 Å². The molecule has 0 radical (unpaired) electrons. The Kier molecular flexibility index (Phi) is 5.73.